The van der Waals surface area contributed by atoms with Crippen LogP contribution in [0.4, 0.5) is 9.59 Å². The Kier molecular flexibility index (Phi) is 7.67. The largest absolute Gasteiger partial charge is 0.445 e. The quantitative estimate of drug-likeness (QED) is 0.662. The molecule has 0 aromatic heterocycles. The van der Waals surface area contributed by atoms with Gasteiger partial charge in [-0.05, 0) is 57.6 Å². The molecule has 1 aliphatic carbocycles. The van der Waals surface area contributed by atoms with Gasteiger partial charge in [-0.1, -0.05) is 49.6 Å². The Morgan fingerprint density at radius 3 is 2.46 bits per heavy atom. The predicted molar refractivity (Wildman–Crippen MR) is 131 cm³/mol. The first kappa shape index (κ1) is 25.1. The summed E-state index contributed by atoms with van der Waals surface area (Å²) in [6.45, 7) is 6.15. The van der Waals surface area contributed by atoms with Crippen molar-refractivity contribution in [2.75, 3.05) is 6.54 Å². The number of hydrogen-bond acceptors (Lipinski definition) is 5. The van der Waals surface area contributed by atoms with Gasteiger partial charge in [-0.15, -0.1) is 0 Å². The van der Waals surface area contributed by atoms with Crippen LogP contribution in [0.2, 0.25) is 0 Å². The van der Waals surface area contributed by atoms with Crippen LogP contribution in [0.15, 0.2) is 42.6 Å². The van der Waals surface area contributed by atoms with Crippen molar-refractivity contribution in [3.63, 3.8) is 0 Å². The number of alkyl carbamates (subject to hydrolysis) is 1. The number of carbonyl (C=O) groups excluding carboxylic acids is 3. The highest BCUT2D eigenvalue weighted by atomic mass is 16.6. The zero-order valence-corrected chi connectivity index (χ0v) is 20.9. The Hall–Kier alpha value is -3.03. The van der Waals surface area contributed by atoms with Crippen molar-refractivity contribution in [1.82, 2.24) is 15.1 Å². The molecule has 0 spiro atoms. The molecule has 1 aromatic rings. The summed E-state index contributed by atoms with van der Waals surface area (Å²) in [5.41, 5.74) is 0.286. The average molecular weight is 484 g/mol. The Balaban J connectivity index is 1.41. The Bertz CT molecular complexity index is 936. The second-order valence-corrected chi connectivity index (χ2v) is 10.7. The maximum absolute atomic E-state index is 13.7. The van der Waals surface area contributed by atoms with Crippen molar-refractivity contribution < 1.29 is 23.9 Å². The summed E-state index contributed by atoms with van der Waals surface area (Å²) in [6.07, 6.45) is 8.42. The van der Waals surface area contributed by atoms with Crippen LogP contribution >= 0.6 is 0 Å². The minimum atomic E-state index is -0.646. The molecule has 8 heteroatoms. The molecule has 2 aliphatic heterocycles. The van der Waals surface area contributed by atoms with Gasteiger partial charge in [-0.3, -0.25) is 9.69 Å². The van der Waals surface area contributed by atoms with Crippen LogP contribution in [0.3, 0.4) is 0 Å². The molecule has 1 aromatic carbocycles. The molecule has 2 fully saturated rings. The van der Waals surface area contributed by atoms with Crippen molar-refractivity contribution in [3.8, 4) is 0 Å². The van der Waals surface area contributed by atoms with Crippen LogP contribution in [-0.2, 0) is 20.9 Å². The maximum atomic E-state index is 13.7. The fraction of sp³-hybridized carbons (Fsp3) is 0.593. The lowest BCUT2D eigenvalue weighted by Gasteiger charge is -2.34. The van der Waals surface area contributed by atoms with E-state index in [0.29, 0.717) is 13.0 Å². The van der Waals surface area contributed by atoms with Crippen LogP contribution in [0.1, 0.15) is 64.9 Å². The third kappa shape index (κ3) is 6.16. The van der Waals surface area contributed by atoms with Crippen LogP contribution in [-0.4, -0.2) is 58.2 Å². The normalized spacial score (nSPS) is 23.1. The second kappa shape index (κ2) is 10.7. The molecule has 190 valence electrons. The lowest BCUT2D eigenvalue weighted by Crippen LogP contribution is -2.54. The van der Waals surface area contributed by atoms with Gasteiger partial charge in [-0.2, -0.15) is 0 Å². The van der Waals surface area contributed by atoms with Crippen LogP contribution in [0.25, 0.3) is 0 Å². The van der Waals surface area contributed by atoms with Crippen LogP contribution in [0.5, 0.6) is 0 Å². The van der Waals surface area contributed by atoms with E-state index < -0.39 is 17.7 Å². The maximum Gasteiger partial charge on any atom is 0.410 e. The third-order valence-electron chi connectivity index (χ3n) is 6.97. The van der Waals surface area contributed by atoms with Crippen molar-refractivity contribution in [2.24, 2.45) is 5.92 Å². The van der Waals surface area contributed by atoms with Crippen molar-refractivity contribution in [1.29, 1.82) is 0 Å². The number of nitrogens with zero attached hydrogens (tertiary/aromatic N) is 2. The van der Waals surface area contributed by atoms with Crippen molar-refractivity contribution in [2.45, 2.75) is 89.6 Å². The summed E-state index contributed by atoms with van der Waals surface area (Å²) in [7, 11) is 0. The Labute approximate surface area is 207 Å². The number of likely N-dealkylation sites (tertiary alicyclic amines) is 1. The van der Waals surface area contributed by atoms with E-state index >= 15 is 0 Å². The smallest absolute Gasteiger partial charge is 0.410 e. The molecule has 3 amide bonds. The Morgan fingerprint density at radius 2 is 1.77 bits per heavy atom. The van der Waals surface area contributed by atoms with E-state index in [0.717, 1.165) is 37.7 Å². The molecule has 1 N–H and O–H groups in total. The van der Waals surface area contributed by atoms with E-state index in [1.807, 2.05) is 57.2 Å². The highest BCUT2D eigenvalue weighted by Crippen LogP contribution is 2.33. The van der Waals surface area contributed by atoms with Crippen LogP contribution < -0.4 is 5.32 Å². The minimum absolute atomic E-state index is 0.0737. The van der Waals surface area contributed by atoms with E-state index in [1.54, 1.807) is 16.0 Å². The first-order valence-corrected chi connectivity index (χ1v) is 12.7. The zero-order chi connectivity index (χ0) is 25.0. The highest BCUT2D eigenvalue weighted by Gasteiger charge is 2.46. The summed E-state index contributed by atoms with van der Waals surface area (Å²) < 4.78 is 11.0. The SMILES string of the molecule is CC(C)(C)OC(=O)NC(C(=O)N1C=CC2C1CCN2C(=O)OCc1ccccc1)C1CCCCC1. The monoisotopic (exact) mass is 483 g/mol. The first-order chi connectivity index (χ1) is 16.7. The summed E-state index contributed by atoms with van der Waals surface area (Å²) in [5.74, 6) is -0.0597. The molecule has 3 aliphatic rings. The summed E-state index contributed by atoms with van der Waals surface area (Å²) in [6, 6.07) is 8.54. The molecule has 2 heterocycles. The lowest BCUT2D eigenvalue weighted by atomic mass is 9.83. The number of fused-ring (bicyclic) bond motifs is 1. The van der Waals surface area contributed by atoms with Gasteiger partial charge in [0, 0.05) is 12.7 Å². The molecular formula is C27H37N3O5. The molecule has 3 unspecified atom stereocenters. The molecule has 35 heavy (non-hydrogen) atoms. The van der Waals surface area contributed by atoms with Gasteiger partial charge in [0.2, 0.25) is 5.91 Å². The fourth-order valence-electron chi connectivity index (χ4n) is 5.32. The molecule has 8 nitrogen and oxygen atoms in total. The minimum Gasteiger partial charge on any atom is -0.445 e. The summed E-state index contributed by atoms with van der Waals surface area (Å²) >= 11 is 0. The van der Waals surface area contributed by atoms with E-state index in [2.05, 4.69) is 5.32 Å². The third-order valence-corrected chi connectivity index (χ3v) is 6.97. The second-order valence-electron chi connectivity index (χ2n) is 10.7. The van der Waals surface area contributed by atoms with Gasteiger partial charge < -0.3 is 19.7 Å². The standard InChI is InChI=1S/C27H37N3O5/c1-27(2,3)35-25(32)28-23(20-12-8-5-9-13-20)24(31)29-16-14-22-21(29)15-17-30(22)26(33)34-18-19-10-6-4-7-11-19/h4,6-7,10-11,14,16,20-23H,5,8-9,12-13,15,17-18H2,1-3H3,(H,28,32). The number of rotatable bonds is 5. The molecule has 0 bridgehead atoms. The topological polar surface area (TPSA) is 88.2 Å². The van der Waals surface area contributed by atoms with Gasteiger partial charge in [0.05, 0.1) is 12.1 Å². The zero-order valence-electron chi connectivity index (χ0n) is 20.9. The number of amides is 3. The van der Waals surface area contributed by atoms with E-state index in [-0.39, 0.29) is 36.6 Å². The summed E-state index contributed by atoms with van der Waals surface area (Å²) in [5, 5.41) is 2.88. The number of carbonyl (C=O) groups is 3. The summed E-state index contributed by atoms with van der Waals surface area (Å²) in [4.78, 5) is 42.5. The molecular weight excluding hydrogens is 446 g/mol. The van der Waals surface area contributed by atoms with Gasteiger partial charge in [0.15, 0.2) is 0 Å². The number of nitrogens with one attached hydrogen (secondary N) is 1. The highest BCUT2D eigenvalue weighted by molar-refractivity contribution is 5.87. The van der Waals surface area contributed by atoms with E-state index in [4.69, 9.17) is 9.47 Å². The number of ether oxygens (including phenoxy) is 2. The average Bonchev–Trinajstić information content (AvgIpc) is 3.43. The predicted octanol–water partition coefficient (Wildman–Crippen LogP) is 4.60. The number of hydrogen-bond donors (Lipinski definition) is 1. The fourth-order valence-corrected chi connectivity index (χ4v) is 5.32. The van der Waals surface area contributed by atoms with Crippen LogP contribution in [0, 0.1) is 5.92 Å². The molecule has 1 saturated heterocycles. The van der Waals surface area contributed by atoms with Gasteiger partial charge in [0.1, 0.15) is 18.2 Å². The molecule has 1 saturated carbocycles. The van der Waals surface area contributed by atoms with E-state index in [1.165, 1.54) is 0 Å². The molecule has 3 atom stereocenters. The van der Waals surface area contributed by atoms with E-state index in [9.17, 15) is 14.4 Å². The first-order valence-electron chi connectivity index (χ1n) is 12.7. The van der Waals surface area contributed by atoms with Gasteiger partial charge in [0.25, 0.3) is 0 Å². The van der Waals surface area contributed by atoms with Crippen molar-refractivity contribution >= 4 is 18.1 Å². The molecule has 0 radical (unpaired) electrons. The van der Waals surface area contributed by atoms with Crippen molar-refractivity contribution in [3.05, 3.63) is 48.2 Å². The molecule has 4 rings (SSSR count). The van der Waals surface area contributed by atoms with Gasteiger partial charge >= 0.3 is 12.2 Å². The Morgan fingerprint density at radius 1 is 1.06 bits per heavy atom. The lowest BCUT2D eigenvalue weighted by molar-refractivity contribution is -0.134. The van der Waals surface area contributed by atoms with Gasteiger partial charge in [-0.25, -0.2) is 9.59 Å². The number of benzene rings is 1.